The number of nitrogens with one attached hydrogen (secondary N) is 1. The van der Waals surface area contributed by atoms with Crippen molar-refractivity contribution in [3.8, 4) is 11.5 Å². The second-order valence-corrected chi connectivity index (χ2v) is 5.55. The maximum Gasteiger partial charge on any atom is 0.179 e. The molecule has 1 aliphatic rings. The Labute approximate surface area is 120 Å². The first kappa shape index (κ1) is 14.5. The molecule has 0 amide bonds. The zero-order valence-corrected chi connectivity index (χ0v) is 12.6. The lowest BCUT2D eigenvalue weighted by molar-refractivity contribution is 0.354. The van der Waals surface area contributed by atoms with E-state index in [2.05, 4.69) is 12.2 Å². The molecule has 0 bridgehead atoms. The van der Waals surface area contributed by atoms with Crippen molar-refractivity contribution in [1.29, 1.82) is 0 Å². The predicted molar refractivity (Wildman–Crippen MR) is 78.2 cm³/mol. The van der Waals surface area contributed by atoms with Crippen LogP contribution in [-0.2, 0) is 6.54 Å². The summed E-state index contributed by atoms with van der Waals surface area (Å²) < 4.78 is 10.6. The summed E-state index contributed by atoms with van der Waals surface area (Å²) in [6.07, 6.45) is 3.89. The molecule has 2 unspecified atom stereocenters. The molecule has 1 fully saturated rings. The molecule has 19 heavy (non-hydrogen) atoms. The first-order valence-electron chi connectivity index (χ1n) is 6.80. The normalized spacial score (nSPS) is 22.5. The van der Waals surface area contributed by atoms with Gasteiger partial charge in [-0.15, -0.1) is 0 Å². The Hall–Kier alpha value is -0.930. The average molecular weight is 284 g/mol. The molecule has 4 heteroatoms. The van der Waals surface area contributed by atoms with Gasteiger partial charge in [-0.25, -0.2) is 0 Å². The molecule has 0 spiro atoms. The van der Waals surface area contributed by atoms with E-state index in [-0.39, 0.29) is 0 Å². The molecule has 1 saturated carbocycles. The van der Waals surface area contributed by atoms with Gasteiger partial charge in [0.25, 0.3) is 0 Å². The molecule has 2 rings (SSSR count). The van der Waals surface area contributed by atoms with Gasteiger partial charge in [0.15, 0.2) is 11.5 Å². The standard InChI is InChI=1S/C15H22ClNO2/c1-10-5-4-6-12(10)17-9-11-7-8-13(18-2)15(19-3)14(11)16/h7-8,10,12,17H,4-6,9H2,1-3H3. The maximum atomic E-state index is 6.37. The van der Waals surface area contributed by atoms with Gasteiger partial charge in [0.1, 0.15) is 0 Å². The number of benzene rings is 1. The van der Waals surface area contributed by atoms with Crippen LogP contribution in [0.4, 0.5) is 0 Å². The molecule has 1 aliphatic carbocycles. The van der Waals surface area contributed by atoms with Gasteiger partial charge in [-0.05, 0) is 30.4 Å². The minimum Gasteiger partial charge on any atom is -0.493 e. The molecule has 3 nitrogen and oxygen atoms in total. The molecule has 0 radical (unpaired) electrons. The summed E-state index contributed by atoms with van der Waals surface area (Å²) in [7, 11) is 3.23. The van der Waals surface area contributed by atoms with Crippen LogP contribution >= 0.6 is 11.6 Å². The van der Waals surface area contributed by atoms with E-state index < -0.39 is 0 Å². The van der Waals surface area contributed by atoms with Crippen LogP contribution in [0.1, 0.15) is 31.7 Å². The largest absolute Gasteiger partial charge is 0.493 e. The highest BCUT2D eigenvalue weighted by Gasteiger charge is 2.23. The van der Waals surface area contributed by atoms with Gasteiger partial charge < -0.3 is 14.8 Å². The summed E-state index contributed by atoms with van der Waals surface area (Å²) >= 11 is 6.37. The Bertz CT molecular complexity index is 436. The average Bonchev–Trinajstić information content (AvgIpc) is 2.82. The van der Waals surface area contributed by atoms with E-state index in [1.54, 1.807) is 14.2 Å². The third-order valence-electron chi connectivity index (χ3n) is 3.98. The predicted octanol–water partition coefficient (Wildman–Crippen LogP) is 3.64. The monoisotopic (exact) mass is 283 g/mol. The third kappa shape index (κ3) is 3.15. The van der Waals surface area contributed by atoms with Crippen LogP contribution in [-0.4, -0.2) is 20.3 Å². The number of rotatable bonds is 5. The summed E-state index contributed by atoms with van der Waals surface area (Å²) in [4.78, 5) is 0. The van der Waals surface area contributed by atoms with Crippen LogP contribution in [0.5, 0.6) is 11.5 Å². The smallest absolute Gasteiger partial charge is 0.179 e. The molecule has 1 aromatic carbocycles. The van der Waals surface area contributed by atoms with Gasteiger partial charge in [-0.3, -0.25) is 0 Å². The maximum absolute atomic E-state index is 6.37. The van der Waals surface area contributed by atoms with E-state index in [9.17, 15) is 0 Å². The molecule has 0 heterocycles. The molecule has 2 atom stereocenters. The van der Waals surface area contributed by atoms with Gasteiger partial charge in [-0.1, -0.05) is 31.0 Å². The lowest BCUT2D eigenvalue weighted by Gasteiger charge is -2.19. The SMILES string of the molecule is COc1ccc(CNC2CCCC2C)c(Cl)c1OC. The van der Waals surface area contributed by atoms with Crippen LogP contribution in [0.25, 0.3) is 0 Å². The number of hydrogen-bond donors (Lipinski definition) is 1. The number of ether oxygens (including phenoxy) is 2. The summed E-state index contributed by atoms with van der Waals surface area (Å²) in [6, 6.07) is 4.50. The Morgan fingerprint density at radius 1 is 1.26 bits per heavy atom. The molecule has 1 N–H and O–H groups in total. The molecule has 0 aromatic heterocycles. The lowest BCUT2D eigenvalue weighted by Crippen LogP contribution is -2.30. The first-order valence-corrected chi connectivity index (χ1v) is 7.18. The Balaban J connectivity index is 2.08. The van der Waals surface area contributed by atoms with Gasteiger partial charge in [0.05, 0.1) is 19.2 Å². The van der Waals surface area contributed by atoms with Gasteiger partial charge >= 0.3 is 0 Å². The fourth-order valence-corrected chi connectivity index (χ4v) is 3.06. The van der Waals surface area contributed by atoms with E-state index in [1.165, 1.54) is 19.3 Å². The van der Waals surface area contributed by atoms with E-state index in [0.717, 1.165) is 18.0 Å². The van der Waals surface area contributed by atoms with Gasteiger partial charge in [0, 0.05) is 12.6 Å². The van der Waals surface area contributed by atoms with Crippen molar-refractivity contribution in [1.82, 2.24) is 5.32 Å². The fourth-order valence-electron chi connectivity index (χ4n) is 2.76. The second kappa shape index (κ2) is 6.49. The summed E-state index contributed by atoms with van der Waals surface area (Å²) in [5.74, 6) is 2.03. The molecule has 106 valence electrons. The summed E-state index contributed by atoms with van der Waals surface area (Å²) in [5.41, 5.74) is 1.05. The summed E-state index contributed by atoms with van der Waals surface area (Å²) in [5, 5.41) is 4.24. The minimum atomic E-state index is 0.601. The zero-order chi connectivity index (χ0) is 13.8. The number of methoxy groups -OCH3 is 2. The Morgan fingerprint density at radius 2 is 2.05 bits per heavy atom. The van der Waals surface area contributed by atoms with Crippen molar-refractivity contribution in [2.75, 3.05) is 14.2 Å². The van der Waals surface area contributed by atoms with Crippen LogP contribution in [0, 0.1) is 5.92 Å². The van der Waals surface area contributed by atoms with Crippen LogP contribution in [0.15, 0.2) is 12.1 Å². The summed E-state index contributed by atoms with van der Waals surface area (Å²) in [6.45, 7) is 3.08. The van der Waals surface area contributed by atoms with Crippen molar-refractivity contribution >= 4 is 11.6 Å². The van der Waals surface area contributed by atoms with E-state index in [0.29, 0.717) is 22.6 Å². The zero-order valence-electron chi connectivity index (χ0n) is 11.8. The highest BCUT2D eigenvalue weighted by atomic mass is 35.5. The van der Waals surface area contributed by atoms with Crippen LogP contribution in [0.2, 0.25) is 5.02 Å². The Kier molecular flexibility index (Phi) is 4.94. The van der Waals surface area contributed by atoms with Crippen molar-refractivity contribution < 1.29 is 9.47 Å². The fraction of sp³-hybridized carbons (Fsp3) is 0.600. The molecule has 1 aromatic rings. The van der Waals surface area contributed by atoms with Gasteiger partial charge in [0.2, 0.25) is 0 Å². The van der Waals surface area contributed by atoms with Crippen molar-refractivity contribution in [2.24, 2.45) is 5.92 Å². The second-order valence-electron chi connectivity index (χ2n) is 5.17. The third-order valence-corrected chi connectivity index (χ3v) is 4.40. The van der Waals surface area contributed by atoms with Crippen molar-refractivity contribution in [2.45, 2.75) is 38.8 Å². The first-order chi connectivity index (χ1) is 9.17. The topological polar surface area (TPSA) is 30.5 Å². The van der Waals surface area contributed by atoms with Crippen molar-refractivity contribution in [3.63, 3.8) is 0 Å². The van der Waals surface area contributed by atoms with Gasteiger partial charge in [-0.2, -0.15) is 0 Å². The van der Waals surface area contributed by atoms with E-state index >= 15 is 0 Å². The molecular formula is C15H22ClNO2. The quantitative estimate of drug-likeness (QED) is 0.895. The van der Waals surface area contributed by atoms with Crippen LogP contribution < -0.4 is 14.8 Å². The Morgan fingerprint density at radius 3 is 2.63 bits per heavy atom. The number of hydrogen-bond acceptors (Lipinski definition) is 3. The lowest BCUT2D eigenvalue weighted by atomic mass is 10.1. The van der Waals surface area contributed by atoms with E-state index in [4.69, 9.17) is 21.1 Å². The molecular weight excluding hydrogens is 262 g/mol. The minimum absolute atomic E-state index is 0.601. The van der Waals surface area contributed by atoms with E-state index in [1.807, 2.05) is 12.1 Å². The highest BCUT2D eigenvalue weighted by Crippen LogP contribution is 2.37. The molecule has 0 aliphatic heterocycles. The number of halogens is 1. The van der Waals surface area contributed by atoms with Crippen LogP contribution in [0.3, 0.4) is 0 Å². The molecule has 0 saturated heterocycles. The van der Waals surface area contributed by atoms with Crippen molar-refractivity contribution in [3.05, 3.63) is 22.7 Å². The highest BCUT2D eigenvalue weighted by molar-refractivity contribution is 6.33.